The minimum atomic E-state index is -0.831. The van der Waals surface area contributed by atoms with Crippen molar-refractivity contribution in [2.24, 2.45) is 0 Å². The molecule has 1 fully saturated rings. The van der Waals surface area contributed by atoms with Crippen molar-refractivity contribution in [1.29, 1.82) is 0 Å². The van der Waals surface area contributed by atoms with Gasteiger partial charge in [0.2, 0.25) is 0 Å². The molecule has 1 aliphatic rings. The predicted molar refractivity (Wildman–Crippen MR) is 47.6 cm³/mol. The molecule has 1 rings (SSSR count). The molecule has 0 radical (unpaired) electrons. The Labute approximate surface area is 77.6 Å². The lowest BCUT2D eigenvalue weighted by Gasteiger charge is -2.38. The molecule has 1 aliphatic heterocycles. The summed E-state index contributed by atoms with van der Waals surface area (Å²) in [6.07, 6.45) is 0. The summed E-state index contributed by atoms with van der Waals surface area (Å²) in [6, 6.07) is -0.0325. The van der Waals surface area contributed by atoms with E-state index in [0.29, 0.717) is 6.54 Å². The van der Waals surface area contributed by atoms with Crippen LogP contribution in [-0.2, 0) is 4.79 Å². The highest BCUT2D eigenvalue weighted by atomic mass is 16.4. The van der Waals surface area contributed by atoms with Crippen LogP contribution in [0.1, 0.15) is 0 Å². The number of hydrogen-bond donors (Lipinski definition) is 2. The number of carbonyl (C=O) groups is 1. The zero-order valence-electron chi connectivity index (χ0n) is 7.81. The fourth-order valence-corrected chi connectivity index (χ4v) is 1.60. The molecule has 0 aromatic carbocycles. The first-order chi connectivity index (χ1) is 6.13. The zero-order valence-corrected chi connectivity index (χ0v) is 7.81. The fourth-order valence-electron chi connectivity index (χ4n) is 1.60. The third-order valence-electron chi connectivity index (χ3n) is 2.36. The van der Waals surface area contributed by atoms with Crippen molar-refractivity contribution < 1.29 is 15.0 Å². The molecule has 0 aromatic heterocycles. The van der Waals surface area contributed by atoms with Gasteiger partial charge in [-0.15, -0.1) is 0 Å². The van der Waals surface area contributed by atoms with Crippen molar-refractivity contribution >= 4 is 5.97 Å². The Morgan fingerprint density at radius 2 is 2.23 bits per heavy atom. The molecular weight excluding hydrogens is 172 g/mol. The Morgan fingerprint density at radius 3 is 2.77 bits per heavy atom. The van der Waals surface area contributed by atoms with Crippen LogP contribution < -0.4 is 0 Å². The van der Waals surface area contributed by atoms with Crippen molar-refractivity contribution in [2.45, 2.75) is 6.04 Å². The van der Waals surface area contributed by atoms with Gasteiger partial charge in [0.05, 0.1) is 13.2 Å². The van der Waals surface area contributed by atoms with Gasteiger partial charge < -0.3 is 15.1 Å². The number of hydrogen-bond acceptors (Lipinski definition) is 4. The highest BCUT2D eigenvalue weighted by molar-refractivity contribution is 5.69. The number of nitrogens with zero attached hydrogens (tertiary/aromatic N) is 2. The minimum Gasteiger partial charge on any atom is -0.480 e. The summed E-state index contributed by atoms with van der Waals surface area (Å²) in [4.78, 5) is 14.4. The topological polar surface area (TPSA) is 64.0 Å². The van der Waals surface area contributed by atoms with E-state index in [9.17, 15) is 4.79 Å². The maximum absolute atomic E-state index is 10.5. The number of rotatable bonds is 3. The predicted octanol–water partition coefficient (Wildman–Crippen LogP) is -1.32. The van der Waals surface area contributed by atoms with Gasteiger partial charge in [-0.3, -0.25) is 9.69 Å². The Kier molecular flexibility index (Phi) is 3.65. The summed E-state index contributed by atoms with van der Waals surface area (Å²) in [6.45, 7) is 2.37. The van der Waals surface area contributed by atoms with Crippen LogP contribution in [0.2, 0.25) is 0 Å². The van der Waals surface area contributed by atoms with Gasteiger partial charge in [-0.1, -0.05) is 0 Å². The van der Waals surface area contributed by atoms with Gasteiger partial charge in [0.1, 0.15) is 0 Å². The van der Waals surface area contributed by atoms with Crippen LogP contribution in [0, 0.1) is 0 Å². The normalized spacial score (nSPS) is 26.2. The lowest BCUT2D eigenvalue weighted by atomic mass is 10.2. The summed E-state index contributed by atoms with van der Waals surface area (Å²) < 4.78 is 0. The average molecular weight is 188 g/mol. The summed E-state index contributed by atoms with van der Waals surface area (Å²) in [7, 11) is 1.97. The summed E-state index contributed by atoms with van der Waals surface area (Å²) in [5, 5.41) is 17.6. The fraction of sp³-hybridized carbons (Fsp3) is 0.875. The van der Waals surface area contributed by atoms with E-state index in [1.165, 1.54) is 0 Å². The Morgan fingerprint density at radius 1 is 1.54 bits per heavy atom. The molecule has 0 spiro atoms. The van der Waals surface area contributed by atoms with E-state index >= 15 is 0 Å². The number of piperazine rings is 1. The summed E-state index contributed by atoms with van der Waals surface area (Å²) in [5.74, 6) is -0.831. The molecule has 0 amide bonds. The van der Waals surface area contributed by atoms with Crippen molar-refractivity contribution in [3.05, 3.63) is 0 Å². The number of carboxylic acid groups (broad SMARTS) is 1. The summed E-state index contributed by atoms with van der Waals surface area (Å²) >= 11 is 0. The molecule has 0 saturated carbocycles. The molecule has 1 heterocycles. The quantitative estimate of drug-likeness (QED) is 0.575. The average Bonchev–Trinajstić information content (AvgIpc) is 2.07. The molecule has 13 heavy (non-hydrogen) atoms. The Balaban J connectivity index is 2.47. The van der Waals surface area contributed by atoms with Gasteiger partial charge in [0.15, 0.2) is 0 Å². The van der Waals surface area contributed by atoms with Crippen molar-refractivity contribution in [3.63, 3.8) is 0 Å². The zero-order chi connectivity index (χ0) is 9.84. The molecule has 1 atom stereocenters. The lowest BCUT2D eigenvalue weighted by Crippen LogP contribution is -2.54. The van der Waals surface area contributed by atoms with Crippen LogP contribution in [0.5, 0.6) is 0 Å². The van der Waals surface area contributed by atoms with Crippen molar-refractivity contribution in [2.75, 3.05) is 39.8 Å². The maximum atomic E-state index is 10.5. The van der Waals surface area contributed by atoms with E-state index in [1.54, 1.807) is 0 Å². The molecule has 76 valence electrons. The van der Waals surface area contributed by atoms with Crippen molar-refractivity contribution in [1.82, 2.24) is 9.80 Å². The molecule has 5 heteroatoms. The van der Waals surface area contributed by atoms with Crippen molar-refractivity contribution in [3.8, 4) is 0 Å². The van der Waals surface area contributed by atoms with E-state index in [2.05, 4.69) is 4.90 Å². The third kappa shape index (κ3) is 2.95. The minimum absolute atomic E-state index is 0.0254. The van der Waals surface area contributed by atoms with Crippen LogP contribution in [0.15, 0.2) is 0 Å². The lowest BCUT2D eigenvalue weighted by molar-refractivity contribution is -0.139. The first kappa shape index (κ1) is 10.4. The maximum Gasteiger partial charge on any atom is 0.317 e. The van der Waals surface area contributed by atoms with E-state index in [0.717, 1.165) is 13.1 Å². The van der Waals surface area contributed by atoms with Gasteiger partial charge >= 0.3 is 5.97 Å². The summed E-state index contributed by atoms with van der Waals surface area (Å²) in [5.41, 5.74) is 0. The smallest absolute Gasteiger partial charge is 0.317 e. The molecule has 0 aromatic rings. The molecule has 5 nitrogen and oxygen atoms in total. The van der Waals surface area contributed by atoms with Gasteiger partial charge in [-0.05, 0) is 7.05 Å². The number of carboxylic acids is 1. The second-order valence-electron chi connectivity index (χ2n) is 3.46. The molecule has 2 N–H and O–H groups in total. The van der Waals surface area contributed by atoms with Gasteiger partial charge in [0.25, 0.3) is 0 Å². The first-order valence-corrected chi connectivity index (χ1v) is 4.38. The molecule has 0 bridgehead atoms. The molecular formula is C8H16N2O3. The second-order valence-corrected chi connectivity index (χ2v) is 3.46. The van der Waals surface area contributed by atoms with Gasteiger partial charge in [-0.25, -0.2) is 0 Å². The van der Waals surface area contributed by atoms with E-state index in [1.807, 2.05) is 11.9 Å². The third-order valence-corrected chi connectivity index (χ3v) is 2.36. The Bertz CT molecular complexity index is 186. The second kappa shape index (κ2) is 4.55. The van der Waals surface area contributed by atoms with Gasteiger partial charge in [0, 0.05) is 25.7 Å². The Hall–Kier alpha value is -0.650. The highest BCUT2D eigenvalue weighted by Crippen LogP contribution is 2.06. The first-order valence-electron chi connectivity index (χ1n) is 4.38. The number of aliphatic hydroxyl groups excluding tert-OH is 1. The van der Waals surface area contributed by atoms with E-state index < -0.39 is 5.97 Å². The SMILES string of the molecule is CN1CCN(CC(=O)O)C(CO)C1. The van der Waals surface area contributed by atoms with Crippen LogP contribution in [0.25, 0.3) is 0 Å². The standard InChI is InChI=1S/C8H16N2O3/c1-9-2-3-10(5-8(12)13)7(4-9)6-11/h7,11H,2-6H2,1H3,(H,12,13). The molecule has 1 saturated heterocycles. The highest BCUT2D eigenvalue weighted by Gasteiger charge is 2.25. The van der Waals surface area contributed by atoms with E-state index in [4.69, 9.17) is 10.2 Å². The number of aliphatic carboxylic acids is 1. The largest absolute Gasteiger partial charge is 0.480 e. The van der Waals surface area contributed by atoms with Gasteiger partial charge in [-0.2, -0.15) is 0 Å². The van der Waals surface area contributed by atoms with Crippen LogP contribution in [-0.4, -0.2) is 71.9 Å². The number of likely N-dealkylation sites (N-methyl/N-ethyl adjacent to an activating group) is 1. The number of aliphatic hydroxyl groups is 1. The molecule has 0 aliphatic carbocycles. The van der Waals surface area contributed by atoms with Crippen LogP contribution in [0.4, 0.5) is 0 Å². The van der Waals surface area contributed by atoms with Crippen LogP contribution in [0.3, 0.4) is 0 Å². The van der Waals surface area contributed by atoms with E-state index in [-0.39, 0.29) is 19.2 Å². The molecule has 1 unspecified atom stereocenters. The monoisotopic (exact) mass is 188 g/mol. The van der Waals surface area contributed by atoms with Crippen LogP contribution >= 0.6 is 0 Å².